The Kier molecular flexibility index (Phi) is 4.04. The second-order valence-corrected chi connectivity index (χ2v) is 6.66. The molecule has 2 aliphatic rings. The highest BCUT2D eigenvalue weighted by atomic mass is 16.2. The monoisotopic (exact) mass is 304 g/mol. The van der Waals surface area contributed by atoms with Crippen molar-refractivity contribution < 1.29 is 4.79 Å². The first-order valence-electron chi connectivity index (χ1n) is 8.09. The van der Waals surface area contributed by atoms with Crippen LogP contribution in [-0.4, -0.2) is 45.3 Å². The van der Waals surface area contributed by atoms with E-state index in [1.54, 1.807) is 6.07 Å². The summed E-state index contributed by atoms with van der Waals surface area (Å²) in [7, 11) is 0. The first-order chi connectivity index (χ1) is 10.5. The van der Waals surface area contributed by atoms with E-state index in [0.29, 0.717) is 0 Å². The van der Waals surface area contributed by atoms with E-state index in [1.807, 2.05) is 11.8 Å². The highest BCUT2D eigenvalue weighted by molar-refractivity contribution is 5.76. The van der Waals surface area contributed by atoms with Crippen LogP contribution in [0, 0.1) is 6.92 Å². The fraction of sp³-hybridized carbons (Fsp3) is 0.688. The summed E-state index contributed by atoms with van der Waals surface area (Å²) in [4.78, 5) is 26.5. The zero-order chi connectivity index (χ0) is 15.7. The first-order valence-corrected chi connectivity index (χ1v) is 8.09. The van der Waals surface area contributed by atoms with Gasteiger partial charge in [0.15, 0.2) is 0 Å². The molecule has 3 heterocycles. The number of aryl methyl sites for hydroxylation is 1. The molecule has 1 N–H and O–H groups in total. The molecule has 2 aliphatic heterocycles. The average molecular weight is 304 g/mol. The van der Waals surface area contributed by atoms with Crippen LogP contribution >= 0.6 is 0 Å². The zero-order valence-corrected chi connectivity index (χ0v) is 13.3. The Labute approximate surface area is 130 Å². The number of hydrogen-bond acceptors (Lipinski definition) is 4. The van der Waals surface area contributed by atoms with Crippen molar-refractivity contribution in [3.63, 3.8) is 0 Å². The van der Waals surface area contributed by atoms with Crippen LogP contribution in [0.5, 0.6) is 0 Å². The number of amides is 1. The first kappa shape index (κ1) is 15.2. The molecule has 6 heteroatoms. The summed E-state index contributed by atoms with van der Waals surface area (Å²) < 4.78 is 1.28. The average Bonchev–Trinajstić information content (AvgIpc) is 2.49. The van der Waals surface area contributed by atoms with Gasteiger partial charge in [0.25, 0.3) is 5.56 Å². The number of hydrogen-bond donors (Lipinski definition) is 1. The van der Waals surface area contributed by atoms with Gasteiger partial charge in [-0.15, -0.1) is 0 Å². The second-order valence-electron chi connectivity index (χ2n) is 6.66. The Bertz CT molecular complexity index is 623. The number of carbonyl (C=O) groups is 1. The van der Waals surface area contributed by atoms with E-state index in [0.717, 1.165) is 44.5 Å². The predicted octanol–water partition coefficient (Wildman–Crippen LogP) is 0.685. The van der Waals surface area contributed by atoms with E-state index in [4.69, 9.17) is 0 Å². The van der Waals surface area contributed by atoms with Gasteiger partial charge in [-0.3, -0.25) is 9.59 Å². The fourth-order valence-electron chi connectivity index (χ4n) is 3.81. The minimum atomic E-state index is -0.222. The highest BCUT2D eigenvalue weighted by Crippen LogP contribution is 2.33. The Morgan fingerprint density at radius 2 is 2.27 bits per heavy atom. The normalized spacial score (nSPS) is 28.3. The maximum absolute atomic E-state index is 12.7. The standard InChI is InChI=1S/C16H24N4O2/c1-12-6-7-14(21)20(18-12)11-15(22)19-10-4-8-16(2)13(19)5-3-9-17-16/h6-7,13,17H,3-5,8-11H2,1-2H3/t13-,16+/m1/s1. The molecule has 1 aromatic rings. The number of aromatic nitrogens is 2. The van der Waals surface area contributed by atoms with Gasteiger partial charge < -0.3 is 10.2 Å². The van der Waals surface area contributed by atoms with Gasteiger partial charge in [-0.1, -0.05) is 0 Å². The second kappa shape index (κ2) is 5.83. The SMILES string of the molecule is Cc1ccc(=O)n(CC(=O)N2CCC[C@]3(C)NCCC[C@@H]23)n1. The largest absolute Gasteiger partial charge is 0.336 e. The van der Waals surface area contributed by atoms with Gasteiger partial charge in [-0.05, 0) is 52.1 Å². The quantitative estimate of drug-likeness (QED) is 0.873. The molecule has 0 aromatic carbocycles. The number of piperidine rings is 2. The maximum atomic E-state index is 12.7. The zero-order valence-electron chi connectivity index (χ0n) is 13.3. The van der Waals surface area contributed by atoms with Gasteiger partial charge in [0.2, 0.25) is 5.91 Å². The Morgan fingerprint density at radius 1 is 1.45 bits per heavy atom. The molecule has 6 nitrogen and oxygen atoms in total. The number of likely N-dealkylation sites (tertiary alicyclic amines) is 1. The lowest BCUT2D eigenvalue weighted by Crippen LogP contribution is -2.66. The van der Waals surface area contributed by atoms with E-state index < -0.39 is 0 Å². The molecule has 1 amide bonds. The molecule has 0 aliphatic carbocycles. The molecule has 2 saturated heterocycles. The molecule has 2 atom stereocenters. The van der Waals surface area contributed by atoms with Crippen molar-refractivity contribution >= 4 is 5.91 Å². The van der Waals surface area contributed by atoms with E-state index in [2.05, 4.69) is 17.3 Å². The van der Waals surface area contributed by atoms with Gasteiger partial charge in [0.1, 0.15) is 6.54 Å². The number of carbonyl (C=O) groups excluding carboxylic acids is 1. The third-order valence-corrected chi connectivity index (χ3v) is 5.00. The van der Waals surface area contributed by atoms with E-state index in [1.165, 1.54) is 10.7 Å². The molecule has 0 bridgehead atoms. The lowest BCUT2D eigenvalue weighted by Gasteiger charge is -2.51. The van der Waals surface area contributed by atoms with Crippen LogP contribution in [-0.2, 0) is 11.3 Å². The molecule has 3 rings (SSSR count). The summed E-state index contributed by atoms with van der Waals surface area (Å²) in [5, 5.41) is 7.76. The van der Waals surface area contributed by atoms with Crippen molar-refractivity contribution in [3.05, 3.63) is 28.2 Å². The van der Waals surface area contributed by atoms with Gasteiger partial charge in [0.05, 0.1) is 5.69 Å². The van der Waals surface area contributed by atoms with Crippen molar-refractivity contribution in [2.45, 2.75) is 57.7 Å². The number of nitrogens with zero attached hydrogens (tertiary/aromatic N) is 3. The summed E-state index contributed by atoms with van der Waals surface area (Å²) >= 11 is 0. The predicted molar refractivity (Wildman–Crippen MR) is 83.6 cm³/mol. The van der Waals surface area contributed by atoms with Gasteiger partial charge in [0, 0.05) is 24.2 Å². The summed E-state index contributed by atoms with van der Waals surface area (Å²) in [5.74, 6) is -0.000162. The summed E-state index contributed by atoms with van der Waals surface area (Å²) in [6, 6.07) is 3.37. The number of fused-ring (bicyclic) bond motifs is 1. The Hall–Kier alpha value is -1.69. The van der Waals surface area contributed by atoms with Crippen LogP contribution in [0.2, 0.25) is 0 Å². The Morgan fingerprint density at radius 3 is 3.09 bits per heavy atom. The minimum Gasteiger partial charge on any atom is -0.336 e. The lowest BCUT2D eigenvalue weighted by atomic mass is 9.78. The van der Waals surface area contributed by atoms with Crippen LogP contribution in [0.1, 0.15) is 38.3 Å². The lowest BCUT2D eigenvalue weighted by molar-refractivity contribution is -0.139. The third-order valence-electron chi connectivity index (χ3n) is 5.00. The summed E-state index contributed by atoms with van der Waals surface area (Å²) in [5.41, 5.74) is 0.535. The van der Waals surface area contributed by atoms with Crippen LogP contribution in [0.25, 0.3) is 0 Å². The van der Waals surface area contributed by atoms with E-state index in [-0.39, 0.29) is 29.6 Å². The molecular formula is C16H24N4O2. The molecule has 0 saturated carbocycles. The number of nitrogens with one attached hydrogen (secondary N) is 1. The summed E-state index contributed by atoms with van der Waals surface area (Å²) in [6.45, 7) is 5.87. The van der Waals surface area contributed by atoms with Crippen LogP contribution < -0.4 is 10.9 Å². The van der Waals surface area contributed by atoms with E-state index in [9.17, 15) is 9.59 Å². The van der Waals surface area contributed by atoms with Crippen molar-refractivity contribution in [1.29, 1.82) is 0 Å². The van der Waals surface area contributed by atoms with Crippen LogP contribution in [0.3, 0.4) is 0 Å². The molecule has 0 spiro atoms. The van der Waals surface area contributed by atoms with Gasteiger partial charge in [-0.25, -0.2) is 4.68 Å². The third kappa shape index (κ3) is 2.79. The van der Waals surface area contributed by atoms with Crippen LogP contribution in [0.4, 0.5) is 0 Å². The summed E-state index contributed by atoms with van der Waals surface area (Å²) in [6.07, 6.45) is 4.23. The molecule has 0 unspecified atom stereocenters. The molecule has 1 aromatic heterocycles. The molecule has 22 heavy (non-hydrogen) atoms. The Balaban J connectivity index is 1.79. The highest BCUT2D eigenvalue weighted by Gasteiger charge is 2.44. The van der Waals surface area contributed by atoms with Crippen molar-refractivity contribution in [1.82, 2.24) is 20.0 Å². The van der Waals surface area contributed by atoms with Gasteiger partial charge in [-0.2, -0.15) is 5.10 Å². The maximum Gasteiger partial charge on any atom is 0.267 e. The topological polar surface area (TPSA) is 67.2 Å². The van der Waals surface area contributed by atoms with Crippen molar-refractivity contribution in [3.8, 4) is 0 Å². The molecule has 0 radical (unpaired) electrons. The van der Waals surface area contributed by atoms with Crippen molar-refractivity contribution in [2.24, 2.45) is 0 Å². The minimum absolute atomic E-state index is 0.000162. The fourth-order valence-corrected chi connectivity index (χ4v) is 3.81. The van der Waals surface area contributed by atoms with Crippen LogP contribution in [0.15, 0.2) is 16.9 Å². The molecule has 120 valence electrons. The molecule has 2 fully saturated rings. The van der Waals surface area contributed by atoms with Crippen molar-refractivity contribution in [2.75, 3.05) is 13.1 Å². The number of rotatable bonds is 2. The van der Waals surface area contributed by atoms with Gasteiger partial charge >= 0.3 is 0 Å². The van der Waals surface area contributed by atoms with E-state index >= 15 is 0 Å². The molecular weight excluding hydrogens is 280 g/mol. The smallest absolute Gasteiger partial charge is 0.267 e.